The molecule has 1 aromatic carbocycles. The zero-order valence-corrected chi connectivity index (χ0v) is 16.9. The molecule has 2 aliphatic heterocycles. The van der Waals surface area contributed by atoms with Crippen LogP contribution in [0.5, 0.6) is 0 Å². The van der Waals surface area contributed by atoms with Crippen LogP contribution in [0.1, 0.15) is 39.5 Å². The van der Waals surface area contributed by atoms with Crippen LogP contribution in [0.4, 0.5) is 0 Å². The average molecular weight is 430 g/mol. The molecule has 3 rings (SSSR count). The molecule has 2 bridgehead atoms. The van der Waals surface area contributed by atoms with E-state index in [4.69, 9.17) is 21.1 Å². The summed E-state index contributed by atoms with van der Waals surface area (Å²) in [5.41, 5.74) is -0.666. The minimum atomic E-state index is -0.666. The summed E-state index contributed by atoms with van der Waals surface area (Å²) in [7, 11) is 0. The van der Waals surface area contributed by atoms with Crippen LogP contribution in [0, 0.1) is 0 Å². The van der Waals surface area contributed by atoms with Gasteiger partial charge in [-0.05, 0) is 0 Å². The number of hydrogen-bond acceptors (Lipinski definition) is 4. The number of fused-ring (bicyclic) bond motifs is 2. The minimum absolute atomic E-state index is 0.0401. The van der Waals surface area contributed by atoms with E-state index >= 15 is 0 Å². The first kappa shape index (κ1) is 18.9. The van der Waals surface area contributed by atoms with E-state index < -0.39 is 11.0 Å². The van der Waals surface area contributed by atoms with Gasteiger partial charge in [-0.3, -0.25) is 0 Å². The molecule has 0 aliphatic carbocycles. The number of alkyl halides is 1. The van der Waals surface area contributed by atoms with Crippen molar-refractivity contribution in [1.29, 1.82) is 0 Å². The van der Waals surface area contributed by atoms with Gasteiger partial charge in [-0.25, -0.2) is 0 Å². The number of esters is 1. The van der Waals surface area contributed by atoms with Crippen LogP contribution in [-0.4, -0.2) is 49.9 Å². The second kappa shape index (κ2) is 7.79. The molecule has 2 heterocycles. The molecule has 25 heavy (non-hydrogen) atoms. The second-order valence-electron chi connectivity index (χ2n) is 6.95. The van der Waals surface area contributed by atoms with E-state index in [1.54, 1.807) is 0 Å². The first-order valence-electron chi connectivity index (χ1n) is 8.61. The van der Waals surface area contributed by atoms with Crippen LogP contribution >= 0.6 is 11.6 Å². The summed E-state index contributed by atoms with van der Waals surface area (Å²) in [6.45, 7) is 3.35. The molecule has 2 aliphatic rings. The Labute approximate surface area is 159 Å². The van der Waals surface area contributed by atoms with E-state index in [0.29, 0.717) is 25.7 Å². The van der Waals surface area contributed by atoms with Crippen molar-refractivity contribution >= 4 is 42.8 Å². The topological polar surface area (TPSA) is 52.6 Å². The molecule has 2 fully saturated rings. The van der Waals surface area contributed by atoms with Gasteiger partial charge in [0.1, 0.15) is 0 Å². The summed E-state index contributed by atoms with van der Waals surface area (Å²) in [5.74, 6) is -0.239. The molecule has 0 radical (unpaired) electrons. The Balaban J connectivity index is 1.85. The number of ketones is 1. The molecular weight excluding hydrogens is 407 g/mol. The molecule has 0 amide bonds. The van der Waals surface area contributed by atoms with Gasteiger partial charge < -0.3 is 0 Å². The van der Waals surface area contributed by atoms with Crippen molar-refractivity contribution in [2.75, 3.05) is 0 Å². The summed E-state index contributed by atoms with van der Waals surface area (Å²) in [6, 6.07) is 10.3. The van der Waals surface area contributed by atoms with E-state index in [-0.39, 0.29) is 43.7 Å². The van der Waals surface area contributed by atoms with Crippen molar-refractivity contribution in [3.05, 3.63) is 30.3 Å². The Morgan fingerprint density at radius 1 is 1.36 bits per heavy atom. The van der Waals surface area contributed by atoms with Crippen LogP contribution < -0.4 is 4.46 Å². The first-order chi connectivity index (χ1) is 11.9. The number of carbonyl (C=O) groups is 2. The molecule has 136 valence electrons. The van der Waals surface area contributed by atoms with Crippen molar-refractivity contribution in [2.24, 2.45) is 0 Å². The number of ether oxygens (including phenoxy) is 2. The molecule has 2 unspecified atom stereocenters. The quantitative estimate of drug-likeness (QED) is 0.421. The van der Waals surface area contributed by atoms with E-state index in [0.717, 1.165) is 0 Å². The Hall–Kier alpha value is -0.871. The zero-order valence-electron chi connectivity index (χ0n) is 14.4. The summed E-state index contributed by atoms with van der Waals surface area (Å²) >= 11 is 6.52. The van der Waals surface area contributed by atoms with Gasteiger partial charge in [-0.15, -0.1) is 0 Å². The molecule has 0 N–H and O–H groups in total. The van der Waals surface area contributed by atoms with E-state index in [1.165, 1.54) is 11.4 Å². The Kier molecular flexibility index (Phi) is 5.89. The normalized spacial score (nSPS) is 35.6. The van der Waals surface area contributed by atoms with Gasteiger partial charge in [-0.2, -0.15) is 0 Å². The fourth-order valence-electron chi connectivity index (χ4n) is 3.68. The van der Waals surface area contributed by atoms with Gasteiger partial charge in [0, 0.05) is 0 Å². The summed E-state index contributed by atoms with van der Waals surface area (Å²) in [6.07, 6.45) is 1.90. The van der Waals surface area contributed by atoms with Gasteiger partial charge in [0.25, 0.3) is 0 Å². The predicted octanol–water partition coefficient (Wildman–Crippen LogP) is 2.64. The summed E-state index contributed by atoms with van der Waals surface area (Å²) in [5, 5.41) is -0.460. The Bertz CT molecular complexity index is 638. The van der Waals surface area contributed by atoms with Crippen LogP contribution in [0.15, 0.2) is 30.3 Å². The van der Waals surface area contributed by atoms with Crippen molar-refractivity contribution in [3.8, 4) is 0 Å². The number of halogens is 1. The van der Waals surface area contributed by atoms with E-state index in [9.17, 15) is 9.59 Å². The predicted molar refractivity (Wildman–Crippen MR) is 97.5 cm³/mol. The molecule has 4 nitrogen and oxygen atoms in total. The van der Waals surface area contributed by atoms with Crippen molar-refractivity contribution < 1.29 is 19.1 Å². The van der Waals surface area contributed by atoms with Crippen molar-refractivity contribution in [3.63, 3.8) is 0 Å². The molecule has 0 aromatic heterocycles. The van der Waals surface area contributed by atoms with Gasteiger partial charge in [0.2, 0.25) is 0 Å². The van der Waals surface area contributed by atoms with Gasteiger partial charge >= 0.3 is 160 Å². The third-order valence-electron chi connectivity index (χ3n) is 4.89. The van der Waals surface area contributed by atoms with Crippen LogP contribution in [0.25, 0.3) is 0 Å². The SMILES string of the molecule is CC(=O)O[C@]1(C)CC2OC1CCC(=O)[C@@H](Cl)C[C@@H]2[Se]c1ccccc1. The molecule has 0 saturated carbocycles. The molecule has 0 spiro atoms. The number of Topliss-reactive ketones (excluding diaryl/α,β-unsaturated/α-hetero) is 1. The van der Waals surface area contributed by atoms with Gasteiger partial charge in [0.05, 0.1) is 0 Å². The fourth-order valence-corrected chi connectivity index (χ4v) is 6.87. The summed E-state index contributed by atoms with van der Waals surface area (Å²) < 4.78 is 13.2. The Morgan fingerprint density at radius 2 is 2.08 bits per heavy atom. The molecular formula is C19H23ClO4Se. The maximum atomic E-state index is 12.3. The van der Waals surface area contributed by atoms with Gasteiger partial charge in [0.15, 0.2) is 0 Å². The second-order valence-corrected chi connectivity index (χ2v) is 10.2. The first-order valence-corrected chi connectivity index (χ1v) is 10.9. The number of rotatable bonds is 3. The number of hydrogen-bond donors (Lipinski definition) is 0. The average Bonchev–Trinajstić information content (AvgIpc) is 2.89. The molecule has 5 atom stereocenters. The maximum absolute atomic E-state index is 12.3. The van der Waals surface area contributed by atoms with E-state index in [2.05, 4.69) is 12.1 Å². The third-order valence-corrected chi connectivity index (χ3v) is 8.13. The van der Waals surface area contributed by atoms with Crippen molar-refractivity contribution in [1.82, 2.24) is 0 Å². The fraction of sp³-hybridized carbons (Fsp3) is 0.579. The van der Waals surface area contributed by atoms with Crippen LogP contribution in [0.3, 0.4) is 0 Å². The Morgan fingerprint density at radius 3 is 2.76 bits per heavy atom. The molecule has 1 aromatic rings. The number of benzene rings is 1. The summed E-state index contributed by atoms with van der Waals surface area (Å²) in [4.78, 5) is 24.1. The zero-order chi connectivity index (χ0) is 18.0. The molecule has 6 heteroatoms. The number of carbonyl (C=O) groups excluding carboxylic acids is 2. The third kappa shape index (κ3) is 4.46. The van der Waals surface area contributed by atoms with Crippen LogP contribution in [-0.2, 0) is 19.1 Å². The van der Waals surface area contributed by atoms with Gasteiger partial charge in [-0.1, -0.05) is 0 Å². The van der Waals surface area contributed by atoms with E-state index in [1.807, 2.05) is 25.1 Å². The standard InChI is InChI=1S/C19H23ClO4Se/c1-12(21)24-19(2)11-16-17(25-13-6-4-3-5-7-13)10-14(20)15(22)8-9-18(19)23-16/h3-7,14,16-18H,8-11H2,1-2H3/t14-,16?,17-,18?,19+/m0/s1. The van der Waals surface area contributed by atoms with Crippen molar-refractivity contribution in [2.45, 2.75) is 67.5 Å². The van der Waals surface area contributed by atoms with Crippen LogP contribution in [0.2, 0.25) is 4.82 Å². The molecule has 2 saturated heterocycles. The monoisotopic (exact) mass is 430 g/mol.